The molecule has 1 rings (SSSR count). The molecule has 1 aromatic carbocycles. The molecule has 6 heteroatoms. The van der Waals surface area contributed by atoms with Crippen LogP contribution in [0.4, 0.5) is 0 Å². The van der Waals surface area contributed by atoms with Crippen molar-refractivity contribution in [3.63, 3.8) is 0 Å². The van der Waals surface area contributed by atoms with Crippen LogP contribution in [-0.4, -0.2) is 24.1 Å². The minimum atomic E-state index is -3.49. The van der Waals surface area contributed by atoms with Crippen molar-refractivity contribution in [3.8, 4) is 5.75 Å². The molecule has 0 aliphatic rings. The van der Waals surface area contributed by atoms with Crippen molar-refractivity contribution in [3.05, 3.63) is 30.3 Å². The summed E-state index contributed by atoms with van der Waals surface area (Å²) < 4.78 is 23.4. The Balaban J connectivity index is 2.92. The summed E-state index contributed by atoms with van der Waals surface area (Å²) in [5.41, 5.74) is 5.14. The summed E-state index contributed by atoms with van der Waals surface area (Å²) >= 11 is 0. The van der Waals surface area contributed by atoms with Crippen molar-refractivity contribution < 1.29 is 18.4 Å². The van der Waals surface area contributed by atoms with Gasteiger partial charge in [0, 0.05) is 5.54 Å². The zero-order valence-electron chi connectivity index (χ0n) is 11.4. The lowest BCUT2D eigenvalue weighted by atomic mass is 10.1. The lowest BCUT2D eigenvalue weighted by Gasteiger charge is -2.27. The van der Waals surface area contributed by atoms with Gasteiger partial charge in [-0.2, -0.15) is 0 Å². The van der Waals surface area contributed by atoms with Crippen LogP contribution in [0.1, 0.15) is 20.8 Å². The Kier molecular flexibility index (Phi) is 5.29. The van der Waals surface area contributed by atoms with Gasteiger partial charge in [-0.3, -0.25) is 4.52 Å². The lowest BCUT2D eigenvalue weighted by Crippen LogP contribution is -2.37. The van der Waals surface area contributed by atoms with Crippen LogP contribution in [0.15, 0.2) is 30.3 Å². The molecule has 0 spiro atoms. The average Bonchev–Trinajstić information content (AvgIpc) is 2.26. The Morgan fingerprint density at radius 2 is 1.95 bits per heavy atom. The van der Waals surface area contributed by atoms with Gasteiger partial charge < -0.3 is 15.1 Å². The Labute approximate surface area is 113 Å². The van der Waals surface area contributed by atoms with Crippen LogP contribution in [0.5, 0.6) is 5.75 Å². The quantitative estimate of drug-likeness (QED) is 0.615. The van der Waals surface area contributed by atoms with Gasteiger partial charge in [0.2, 0.25) is 0 Å². The summed E-state index contributed by atoms with van der Waals surface area (Å²) in [6.07, 6.45) is -0.214. The highest BCUT2D eigenvalue weighted by atomic mass is 31.2. The largest absolute Gasteiger partial charge is 0.424 e. The van der Waals surface area contributed by atoms with E-state index in [0.717, 1.165) is 0 Å². The Bertz CT molecular complexity index is 455. The van der Waals surface area contributed by atoms with Crippen molar-refractivity contribution in [1.82, 2.24) is 0 Å². The van der Waals surface area contributed by atoms with Crippen LogP contribution in [0.2, 0.25) is 0 Å². The molecule has 0 radical (unpaired) electrons. The second kappa shape index (κ2) is 6.33. The third-order valence-corrected chi connectivity index (χ3v) is 4.45. The summed E-state index contributed by atoms with van der Waals surface area (Å²) in [6.45, 7) is 4.96. The summed E-state index contributed by atoms with van der Waals surface area (Å²) in [5, 5.41) is 0. The molecule has 0 saturated heterocycles. The van der Waals surface area contributed by atoms with Gasteiger partial charge >= 0.3 is 7.60 Å². The van der Waals surface area contributed by atoms with Gasteiger partial charge in [-0.1, -0.05) is 18.2 Å². The number of hydrogen-bond donors (Lipinski definition) is 1. The number of para-hydroxylation sites is 1. The van der Waals surface area contributed by atoms with Gasteiger partial charge in [0.15, 0.2) is 0 Å². The molecule has 0 aromatic heterocycles. The second-order valence-corrected chi connectivity index (χ2v) is 7.04. The highest BCUT2D eigenvalue weighted by Crippen LogP contribution is 2.50. The van der Waals surface area contributed by atoms with Gasteiger partial charge in [-0.15, -0.1) is 0 Å². The van der Waals surface area contributed by atoms with Crippen LogP contribution in [0.3, 0.4) is 0 Å². The molecule has 2 N–H and O–H groups in total. The Morgan fingerprint density at radius 3 is 2.42 bits per heavy atom. The third kappa shape index (κ3) is 6.01. The van der Waals surface area contributed by atoms with Gasteiger partial charge in [0.05, 0.1) is 6.16 Å². The van der Waals surface area contributed by atoms with Crippen LogP contribution < -0.4 is 10.3 Å². The summed E-state index contributed by atoms with van der Waals surface area (Å²) in [5.74, 6) is 0.424. The first-order chi connectivity index (χ1) is 8.74. The zero-order chi connectivity index (χ0) is 14.5. The number of carbonyl (C=O) groups is 1. The van der Waals surface area contributed by atoms with Crippen molar-refractivity contribution in [2.75, 3.05) is 6.16 Å². The first-order valence-corrected chi connectivity index (χ1v) is 7.73. The fraction of sp³-hybridized carbons (Fsp3) is 0.462. The van der Waals surface area contributed by atoms with Crippen molar-refractivity contribution >= 4 is 13.9 Å². The van der Waals surface area contributed by atoms with E-state index < -0.39 is 19.2 Å². The fourth-order valence-electron chi connectivity index (χ4n) is 1.51. The molecule has 1 aromatic rings. The minimum Gasteiger partial charge on any atom is -0.424 e. The molecule has 5 nitrogen and oxygen atoms in total. The number of nitrogens with two attached hydrogens (primary N) is 1. The smallest absolute Gasteiger partial charge is 0.381 e. The topological polar surface area (TPSA) is 78.6 Å². The van der Waals surface area contributed by atoms with Crippen LogP contribution in [-0.2, 0) is 13.9 Å². The predicted octanol–water partition coefficient (Wildman–Crippen LogP) is 2.60. The van der Waals surface area contributed by atoms with Gasteiger partial charge in [0.1, 0.15) is 18.1 Å². The predicted molar refractivity (Wildman–Crippen MR) is 74.4 cm³/mol. The van der Waals surface area contributed by atoms with Gasteiger partial charge in [-0.05, 0) is 32.9 Å². The van der Waals surface area contributed by atoms with Gasteiger partial charge in [0.25, 0.3) is 0 Å². The maximum atomic E-state index is 12.7. The minimum absolute atomic E-state index is 0.0209. The third-order valence-electron chi connectivity index (χ3n) is 2.11. The number of carbonyl (C=O) groups excluding carboxylic acids is 1. The van der Waals surface area contributed by atoms with Crippen molar-refractivity contribution in [2.24, 2.45) is 5.73 Å². The molecular formula is C13H20NO4P. The first kappa shape index (κ1) is 15.9. The normalized spacial score (nSPS) is 16.4. The van der Waals surface area contributed by atoms with E-state index in [-0.39, 0.29) is 6.16 Å². The monoisotopic (exact) mass is 285 g/mol. The van der Waals surface area contributed by atoms with Crippen molar-refractivity contribution in [2.45, 2.75) is 32.4 Å². The number of rotatable bonds is 7. The fourth-order valence-corrected chi connectivity index (χ4v) is 3.69. The molecule has 19 heavy (non-hydrogen) atoms. The van der Waals surface area contributed by atoms with E-state index in [1.165, 1.54) is 6.92 Å². The van der Waals surface area contributed by atoms with E-state index in [9.17, 15) is 9.36 Å². The van der Waals surface area contributed by atoms with E-state index in [2.05, 4.69) is 0 Å². The summed E-state index contributed by atoms with van der Waals surface area (Å²) in [4.78, 5) is 10.7. The average molecular weight is 285 g/mol. The molecule has 0 saturated carbocycles. The SMILES string of the molecule is CC(C=O)OP(=O)(CC(C)(C)N)Oc1ccccc1. The van der Waals surface area contributed by atoms with Crippen LogP contribution in [0, 0.1) is 0 Å². The van der Waals surface area contributed by atoms with E-state index in [1.54, 1.807) is 38.1 Å². The molecule has 0 bridgehead atoms. The molecule has 106 valence electrons. The highest BCUT2D eigenvalue weighted by Gasteiger charge is 2.34. The van der Waals surface area contributed by atoms with E-state index >= 15 is 0 Å². The van der Waals surface area contributed by atoms with Crippen LogP contribution >= 0.6 is 7.60 Å². The van der Waals surface area contributed by atoms with Gasteiger partial charge in [-0.25, -0.2) is 4.57 Å². The zero-order valence-corrected chi connectivity index (χ0v) is 12.3. The maximum absolute atomic E-state index is 12.7. The maximum Gasteiger partial charge on any atom is 0.381 e. The molecule has 0 amide bonds. The molecule has 2 atom stereocenters. The Morgan fingerprint density at radius 1 is 1.37 bits per heavy atom. The second-order valence-electron chi connectivity index (χ2n) is 5.11. The molecule has 0 fully saturated rings. The molecular weight excluding hydrogens is 265 g/mol. The number of hydrogen-bond acceptors (Lipinski definition) is 5. The van der Waals surface area contributed by atoms with E-state index in [4.69, 9.17) is 14.8 Å². The first-order valence-electron chi connectivity index (χ1n) is 6.00. The number of benzene rings is 1. The van der Waals surface area contributed by atoms with E-state index in [0.29, 0.717) is 12.0 Å². The summed E-state index contributed by atoms with van der Waals surface area (Å²) in [6, 6.07) is 8.68. The van der Waals surface area contributed by atoms with Crippen molar-refractivity contribution in [1.29, 1.82) is 0 Å². The number of aldehydes is 1. The molecule has 0 aliphatic heterocycles. The lowest BCUT2D eigenvalue weighted by molar-refractivity contribution is -0.113. The van der Waals surface area contributed by atoms with Crippen LogP contribution in [0.25, 0.3) is 0 Å². The highest BCUT2D eigenvalue weighted by molar-refractivity contribution is 7.54. The standard InChI is InChI=1S/C13H20NO4P/c1-11(9-15)17-19(16,10-13(2,3)14)18-12-7-5-4-6-8-12/h4-9,11H,10,14H2,1-3H3. The summed E-state index contributed by atoms with van der Waals surface area (Å²) in [7, 11) is -3.49. The van der Waals surface area contributed by atoms with E-state index in [1.807, 2.05) is 6.07 Å². The molecule has 0 heterocycles. The Hall–Kier alpha value is -1.16. The molecule has 2 unspecified atom stereocenters. The molecule has 0 aliphatic carbocycles.